The van der Waals surface area contributed by atoms with Gasteiger partial charge in [0.2, 0.25) is 8.32 Å². The fourth-order valence-corrected chi connectivity index (χ4v) is 4.02. The molecule has 0 spiro atoms. The average molecular weight is 348 g/mol. The number of nitrogens with zero attached hydrogens (tertiary/aromatic N) is 1. The first kappa shape index (κ1) is 18.6. The van der Waals surface area contributed by atoms with E-state index in [-0.39, 0.29) is 12.0 Å². The lowest BCUT2D eigenvalue weighted by Gasteiger charge is -2.27. The van der Waals surface area contributed by atoms with Crippen molar-refractivity contribution in [2.24, 2.45) is 11.8 Å². The van der Waals surface area contributed by atoms with Crippen molar-refractivity contribution in [2.75, 3.05) is 13.1 Å². The van der Waals surface area contributed by atoms with Crippen molar-refractivity contribution >= 4 is 14.4 Å². The SMILES string of the molecule is C=C(O[Si](C)(C)C)[C@H]1CN(C(=O)OCc2ccccc2)C[C@H]1CC. The van der Waals surface area contributed by atoms with Gasteiger partial charge < -0.3 is 14.1 Å². The molecule has 2 rings (SSSR count). The molecule has 4 nitrogen and oxygen atoms in total. The summed E-state index contributed by atoms with van der Waals surface area (Å²) < 4.78 is 11.5. The molecule has 2 atom stereocenters. The summed E-state index contributed by atoms with van der Waals surface area (Å²) in [7, 11) is -1.67. The molecule has 0 unspecified atom stereocenters. The zero-order valence-electron chi connectivity index (χ0n) is 15.2. The molecule has 0 saturated carbocycles. The Hall–Kier alpha value is -1.75. The number of amides is 1. The Balaban J connectivity index is 1.92. The van der Waals surface area contributed by atoms with Crippen LogP contribution in [0.4, 0.5) is 4.79 Å². The maximum Gasteiger partial charge on any atom is 0.410 e. The maximum absolute atomic E-state index is 12.4. The van der Waals surface area contributed by atoms with E-state index in [1.54, 1.807) is 4.90 Å². The van der Waals surface area contributed by atoms with Crippen molar-refractivity contribution in [1.29, 1.82) is 0 Å². The molecule has 1 saturated heterocycles. The van der Waals surface area contributed by atoms with Gasteiger partial charge in [0.05, 0.1) is 5.76 Å². The topological polar surface area (TPSA) is 38.8 Å². The van der Waals surface area contributed by atoms with Crippen molar-refractivity contribution in [3.05, 3.63) is 48.2 Å². The van der Waals surface area contributed by atoms with Gasteiger partial charge in [0.1, 0.15) is 6.61 Å². The first-order chi connectivity index (χ1) is 11.3. The second-order valence-corrected chi connectivity index (χ2v) is 11.8. The lowest BCUT2D eigenvalue weighted by Crippen LogP contribution is -2.31. The number of likely N-dealkylation sites (tertiary alicyclic amines) is 1. The Morgan fingerprint density at radius 1 is 1.25 bits per heavy atom. The predicted octanol–water partition coefficient (Wildman–Crippen LogP) is 4.65. The van der Waals surface area contributed by atoms with Gasteiger partial charge in [0.25, 0.3) is 0 Å². The minimum atomic E-state index is -1.67. The summed E-state index contributed by atoms with van der Waals surface area (Å²) in [5, 5.41) is 0. The normalized spacial score (nSPS) is 20.8. The summed E-state index contributed by atoms with van der Waals surface area (Å²) in [6.45, 7) is 14.4. The number of ether oxygens (including phenoxy) is 1. The molecule has 1 amide bonds. The van der Waals surface area contributed by atoms with Crippen LogP contribution in [0.2, 0.25) is 19.6 Å². The molecule has 1 aromatic rings. The van der Waals surface area contributed by atoms with Crippen LogP contribution >= 0.6 is 0 Å². The highest BCUT2D eigenvalue weighted by molar-refractivity contribution is 6.70. The van der Waals surface area contributed by atoms with Gasteiger partial charge in [-0.05, 0) is 31.1 Å². The molecule has 1 fully saturated rings. The van der Waals surface area contributed by atoms with Crippen LogP contribution in [0.5, 0.6) is 0 Å². The van der Waals surface area contributed by atoms with Crippen LogP contribution in [0.15, 0.2) is 42.7 Å². The van der Waals surface area contributed by atoms with Crippen molar-refractivity contribution in [3.8, 4) is 0 Å². The molecular formula is C19H29NO3Si. The van der Waals surface area contributed by atoms with Gasteiger partial charge in [0, 0.05) is 19.0 Å². The van der Waals surface area contributed by atoms with Crippen molar-refractivity contribution < 1.29 is 14.0 Å². The Morgan fingerprint density at radius 3 is 2.50 bits per heavy atom. The van der Waals surface area contributed by atoms with Gasteiger partial charge >= 0.3 is 6.09 Å². The summed E-state index contributed by atoms with van der Waals surface area (Å²) in [4.78, 5) is 14.2. The minimum absolute atomic E-state index is 0.200. The molecule has 0 bridgehead atoms. The number of hydrogen-bond donors (Lipinski definition) is 0. The summed E-state index contributed by atoms with van der Waals surface area (Å²) >= 11 is 0. The van der Waals surface area contributed by atoms with Crippen molar-refractivity contribution in [2.45, 2.75) is 39.6 Å². The van der Waals surface area contributed by atoms with Crippen LogP contribution in [-0.4, -0.2) is 32.4 Å². The maximum atomic E-state index is 12.4. The predicted molar refractivity (Wildman–Crippen MR) is 99.0 cm³/mol. The third-order valence-electron chi connectivity index (χ3n) is 4.28. The smallest absolute Gasteiger partial charge is 0.410 e. The van der Waals surface area contributed by atoms with Crippen LogP contribution in [-0.2, 0) is 15.8 Å². The summed E-state index contributed by atoms with van der Waals surface area (Å²) in [5.41, 5.74) is 1.00. The van der Waals surface area contributed by atoms with E-state index in [1.165, 1.54) is 0 Å². The van der Waals surface area contributed by atoms with Crippen LogP contribution in [0.3, 0.4) is 0 Å². The monoisotopic (exact) mass is 347 g/mol. The van der Waals surface area contributed by atoms with Crippen molar-refractivity contribution in [1.82, 2.24) is 4.90 Å². The van der Waals surface area contributed by atoms with Gasteiger partial charge in [-0.1, -0.05) is 50.3 Å². The Labute approximate surface area is 146 Å². The molecule has 1 aliphatic heterocycles. The van der Waals surface area contributed by atoms with E-state index in [4.69, 9.17) is 9.16 Å². The Morgan fingerprint density at radius 2 is 1.92 bits per heavy atom. The summed E-state index contributed by atoms with van der Waals surface area (Å²) in [6, 6.07) is 9.75. The largest absolute Gasteiger partial charge is 0.548 e. The third-order valence-corrected chi connectivity index (χ3v) is 5.15. The molecular weight excluding hydrogens is 318 g/mol. The molecule has 1 aliphatic rings. The number of benzene rings is 1. The zero-order chi connectivity index (χ0) is 17.7. The van der Waals surface area contributed by atoms with Crippen LogP contribution in [0.25, 0.3) is 0 Å². The van der Waals surface area contributed by atoms with Gasteiger partial charge in [-0.15, -0.1) is 0 Å². The molecule has 132 valence electrons. The van der Waals surface area contributed by atoms with E-state index in [1.807, 2.05) is 30.3 Å². The number of rotatable bonds is 6. The molecule has 0 radical (unpaired) electrons. The van der Waals surface area contributed by atoms with E-state index < -0.39 is 8.32 Å². The fourth-order valence-electron chi connectivity index (χ4n) is 3.08. The van der Waals surface area contributed by atoms with Gasteiger partial charge in [-0.25, -0.2) is 4.79 Å². The van der Waals surface area contributed by atoms with E-state index in [0.717, 1.165) is 17.7 Å². The average Bonchev–Trinajstić information content (AvgIpc) is 2.96. The lowest BCUT2D eigenvalue weighted by molar-refractivity contribution is 0.102. The minimum Gasteiger partial charge on any atom is -0.548 e. The van der Waals surface area contributed by atoms with Crippen molar-refractivity contribution in [3.63, 3.8) is 0 Å². The van der Waals surface area contributed by atoms with E-state index in [2.05, 4.69) is 33.1 Å². The number of carbonyl (C=O) groups excluding carboxylic acids is 1. The molecule has 1 heterocycles. The summed E-state index contributed by atoms with van der Waals surface area (Å²) in [6.07, 6.45) is 0.752. The molecule has 5 heteroatoms. The number of hydrogen-bond acceptors (Lipinski definition) is 3. The highest BCUT2D eigenvalue weighted by Gasteiger charge is 2.38. The second-order valence-electron chi connectivity index (χ2n) is 7.40. The molecule has 24 heavy (non-hydrogen) atoms. The standard InChI is InChI=1S/C19H29NO3Si/c1-6-17-12-20(13-18(17)15(2)23-24(3,4)5)19(21)22-14-16-10-8-7-9-11-16/h7-11,17-18H,2,6,12-14H2,1,3-5H3/t17-,18-/m1/s1. The van der Waals surface area contributed by atoms with Crippen LogP contribution in [0, 0.1) is 11.8 Å². The Bertz CT molecular complexity index is 568. The quantitative estimate of drug-likeness (QED) is 0.555. The van der Waals surface area contributed by atoms with E-state index >= 15 is 0 Å². The molecule has 0 aromatic heterocycles. The van der Waals surface area contributed by atoms with E-state index in [0.29, 0.717) is 25.6 Å². The lowest BCUT2D eigenvalue weighted by atomic mass is 9.92. The zero-order valence-corrected chi connectivity index (χ0v) is 16.2. The number of carbonyl (C=O) groups is 1. The van der Waals surface area contributed by atoms with Gasteiger partial charge in [-0.3, -0.25) is 0 Å². The van der Waals surface area contributed by atoms with Gasteiger partial charge in [-0.2, -0.15) is 0 Å². The van der Waals surface area contributed by atoms with Crippen LogP contribution < -0.4 is 0 Å². The highest BCUT2D eigenvalue weighted by Crippen LogP contribution is 2.33. The summed E-state index contributed by atoms with van der Waals surface area (Å²) in [5.74, 6) is 1.42. The highest BCUT2D eigenvalue weighted by atomic mass is 28.4. The molecule has 0 aliphatic carbocycles. The Kier molecular flexibility index (Phi) is 6.10. The van der Waals surface area contributed by atoms with E-state index in [9.17, 15) is 4.79 Å². The third kappa shape index (κ3) is 5.13. The van der Waals surface area contributed by atoms with Gasteiger partial charge in [0.15, 0.2) is 0 Å². The molecule has 0 N–H and O–H groups in total. The fraction of sp³-hybridized carbons (Fsp3) is 0.526. The second kappa shape index (κ2) is 7.88. The first-order valence-corrected chi connectivity index (χ1v) is 12.0. The van der Waals surface area contributed by atoms with Crippen LogP contribution in [0.1, 0.15) is 18.9 Å². The molecule has 1 aromatic carbocycles. The first-order valence-electron chi connectivity index (χ1n) is 8.63.